The Morgan fingerprint density at radius 2 is 1.68 bits per heavy atom. The number of carbonyl (C=O) groups excluding carboxylic acids is 3. The van der Waals surface area contributed by atoms with Crippen molar-refractivity contribution in [2.75, 3.05) is 31.5 Å². The SMILES string of the molecule is CC1CC1C(=O)Nc1cccc(C(=O)N2CCC(C(=O)N3CCCC3)CC2)c1. The van der Waals surface area contributed by atoms with E-state index < -0.39 is 0 Å². The number of hydrogen-bond acceptors (Lipinski definition) is 3. The van der Waals surface area contributed by atoms with Gasteiger partial charge in [-0.05, 0) is 56.2 Å². The maximum Gasteiger partial charge on any atom is 0.253 e. The summed E-state index contributed by atoms with van der Waals surface area (Å²) in [5, 5.41) is 2.93. The lowest BCUT2D eigenvalue weighted by Crippen LogP contribution is -2.43. The number of hydrogen-bond donors (Lipinski definition) is 1. The minimum Gasteiger partial charge on any atom is -0.342 e. The largest absolute Gasteiger partial charge is 0.342 e. The molecule has 1 aromatic rings. The molecule has 0 radical (unpaired) electrons. The second kappa shape index (κ2) is 7.94. The van der Waals surface area contributed by atoms with Crippen molar-refractivity contribution < 1.29 is 14.4 Å². The number of anilines is 1. The van der Waals surface area contributed by atoms with Crippen LogP contribution in [0.3, 0.4) is 0 Å². The highest BCUT2D eigenvalue weighted by Crippen LogP contribution is 2.38. The fourth-order valence-electron chi connectivity index (χ4n) is 4.36. The predicted molar refractivity (Wildman–Crippen MR) is 107 cm³/mol. The Labute approximate surface area is 166 Å². The summed E-state index contributed by atoms with van der Waals surface area (Å²) in [6, 6.07) is 7.18. The maximum absolute atomic E-state index is 12.9. The number of rotatable bonds is 4. The molecule has 0 spiro atoms. The van der Waals surface area contributed by atoms with E-state index in [-0.39, 0.29) is 29.6 Å². The molecule has 2 unspecified atom stereocenters. The number of carbonyl (C=O) groups is 3. The Morgan fingerprint density at radius 1 is 1.00 bits per heavy atom. The molecule has 1 N–H and O–H groups in total. The van der Waals surface area contributed by atoms with E-state index in [2.05, 4.69) is 12.2 Å². The minimum absolute atomic E-state index is 0.0250. The Bertz CT molecular complexity index is 764. The van der Waals surface area contributed by atoms with Gasteiger partial charge in [-0.15, -0.1) is 0 Å². The van der Waals surface area contributed by atoms with Crippen LogP contribution in [0.5, 0.6) is 0 Å². The summed E-state index contributed by atoms with van der Waals surface area (Å²) >= 11 is 0. The lowest BCUT2D eigenvalue weighted by molar-refractivity contribution is -0.135. The number of nitrogens with one attached hydrogen (secondary N) is 1. The van der Waals surface area contributed by atoms with Gasteiger partial charge in [0.2, 0.25) is 11.8 Å². The molecule has 6 nitrogen and oxygen atoms in total. The number of nitrogens with zero attached hydrogens (tertiary/aromatic N) is 2. The van der Waals surface area contributed by atoms with E-state index in [4.69, 9.17) is 0 Å². The van der Waals surface area contributed by atoms with Crippen molar-refractivity contribution in [1.29, 1.82) is 0 Å². The fourth-order valence-corrected chi connectivity index (χ4v) is 4.36. The lowest BCUT2D eigenvalue weighted by atomic mass is 9.95. The number of amides is 3. The molecule has 6 heteroatoms. The van der Waals surface area contributed by atoms with Crippen LogP contribution >= 0.6 is 0 Å². The van der Waals surface area contributed by atoms with Crippen molar-refractivity contribution in [3.63, 3.8) is 0 Å². The predicted octanol–water partition coefficient (Wildman–Crippen LogP) is 2.76. The highest BCUT2D eigenvalue weighted by molar-refractivity contribution is 5.98. The summed E-state index contributed by atoms with van der Waals surface area (Å²) in [4.78, 5) is 41.4. The summed E-state index contributed by atoms with van der Waals surface area (Å²) in [6.45, 7) is 5.06. The van der Waals surface area contributed by atoms with E-state index in [1.807, 2.05) is 21.9 Å². The number of benzene rings is 1. The van der Waals surface area contributed by atoms with Gasteiger partial charge in [0, 0.05) is 49.3 Å². The average Bonchev–Trinajstić information content (AvgIpc) is 3.21. The summed E-state index contributed by atoms with van der Waals surface area (Å²) in [5.74, 6) is 0.888. The van der Waals surface area contributed by atoms with Crippen LogP contribution in [0.4, 0.5) is 5.69 Å². The van der Waals surface area contributed by atoms with E-state index in [0.29, 0.717) is 30.3 Å². The molecule has 1 saturated carbocycles. The molecule has 3 fully saturated rings. The van der Waals surface area contributed by atoms with Gasteiger partial charge in [-0.1, -0.05) is 13.0 Å². The summed E-state index contributed by atoms with van der Waals surface area (Å²) < 4.78 is 0. The van der Waals surface area contributed by atoms with E-state index in [1.54, 1.807) is 12.1 Å². The normalized spacial score (nSPS) is 24.9. The van der Waals surface area contributed by atoms with Crippen LogP contribution in [0.15, 0.2) is 24.3 Å². The fraction of sp³-hybridized carbons (Fsp3) is 0.591. The first-order chi connectivity index (χ1) is 13.5. The molecule has 1 aromatic carbocycles. The Balaban J connectivity index is 1.33. The molecule has 0 aromatic heterocycles. The van der Waals surface area contributed by atoms with Crippen molar-refractivity contribution in [3.8, 4) is 0 Å². The van der Waals surface area contributed by atoms with Gasteiger partial charge < -0.3 is 15.1 Å². The smallest absolute Gasteiger partial charge is 0.253 e. The van der Waals surface area contributed by atoms with Crippen molar-refractivity contribution in [2.45, 2.75) is 39.0 Å². The number of likely N-dealkylation sites (tertiary alicyclic amines) is 2. The molecule has 4 rings (SSSR count). The van der Waals surface area contributed by atoms with Crippen LogP contribution in [-0.4, -0.2) is 53.7 Å². The van der Waals surface area contributed by atoms with Gasteiger partial charge in [-0.2, -0.15) is 0 Å². The van der Waals surface area contributed by atoms with Gasteiger partial charge in [0.15, 0.2) is 0 Å². The second-order valence-electron chi connectivity index (χ2n) is 8.49. The molecule has 2 heterocycles. The van der Waals surface area contributed by atoms with Crippen LogP contribution < -0.4 is 5.32 Å². The maximum atomic E-state index is 12.9. The second-order valence-corrected chi connectivity index (χ2v) is 8.49. The topological polar surface area (TPSA) is 69.7 Å². The van der Waals surface area contributed by atoms with E-state index in [0.717, 1.165) is 45.2 Å². The molecule has 28 heavy (non-hydrogen) atoms. The van der Waals surface area contributed by atoms with Gasteiger partial charge in [0.1, 0.15) is 0 Å². The van der Waals surface area contributed by atoms with Crippen molar-refractivity contribution in [1.82, 2.24) is 9.80 Å². The van der Waals surface area contributed by atoms with E-state index in [1.165, 1.54) is 0 Å². The summed E-state index contributed by atoms with van der Waals surface area (Å²) in [5.41, 5.74) is 1.26. The molecule has 0 bridgehead atoms. The first kappa shape index (κ1) is 19.0. The zero-order valence-electron chi connectivity index (χ0n) is 16.5. The van der Waals surface area contributed by atoms with Gasteiger partial charge in [-0.25, -0.2) is 0 Å². The van der Waals surface area contributed by atoms with E-state index in [9.17, 15) is 14.4 Å². The molecule has 150 valence electrons. The van der Waals surface area contributed by atoms with Crippen LogP contribution in [0.1, 0.15) is 49.4 Å². The summed E-state index contributed by atoms with van der Waals surface area (Å²) in [6.07, 6.45) is 4.62. The highest BCUT2D eigenvalue weighted by Gasteiger charge is 2.39. The molecule has 2 aliphatic heterocycles. The average molecular weight is 383 g/mol. The Morgan fingerprint density at radius 3 is 2.32 bits per heavy atom. The molecular weight excluding hydrogens is 354 g/mol. The van der Waals surface area contributed by atoms with Gasteiger partial charge in [-0.3, -0.25) is 14.4 Å². The molecule has 2 atom stereocenters. The molecule has 3 aliphatic rings. The first-order valence-electron chi connectivity index (χ1n) is 10.5. The zero-order chi connectivity index (χ0) is 19.7. The van der Waals surface area contributed by atoms with Crippen LogP contribution in [0.2, 0.25) is 0 Å². The molecular formula is C22H29N3O3. The van der Waals surface area contributed by atoms with Gasteiger partial charge >= 0.3 is 0 Å². The van der Waals surface area contributed by atoms with E-state index >= 15 is 0 Å². The van der Waals surface area contributed by atoms with Crippen LogP contribution in [0.25, 0.3) is 0 Å². The van der Waals surface area contributed by atoms with Crippen molar-refractivity contribution in [2.24, 2.45) is 17.8 Å². The standard InChI is InChI=1S/C22H29N3O3/c1-15-13-19(15)20(26)23-18-6-4-5-17(14-18)22(28)25-11-7-16(8-12-25)21(27)24-9-2-3-10-24/h4-6,14-16,19H,2-3,7-13H2,1H3,(H,23,26). The molecule has 2 saturated heterocycles. The van der Waals surface area contributed by atoms with Crippen molar-refractivity contribution >= 4 is 23.4 Å². The molecule has 3 amide bonds. The van der Waals surface area contributed by atoms with Crippen LogP contribution in [0, 0.1) is 17.8 Å². The third kappa shape index (κ3) is 4.05. The Kier molecular flexibility index (Phi) is 5.38. The summed E-state index contributed by atoms with van der Waals surface area (Å²) in [7, 11) is 0. The Hall–Kier alpha value is -2.37. The minimum atomic E-state index is -0.0250. The zero-order valence-corrected chi connectivity index (χ0v) is 16.5. The third-order valence-corrected chi connectivity index (χ3v) is 6.37. The van der Waals surface area contributed by atoms with Crippen LogP contribution in [-0.2, 0) is 9.59 Å². The monoisotopic (exact) mass is 383 g/mol. The number of piperidine rings is 1. The van der Waals surface area contributed by atoms with Crippen molar-refractivity contribution in [3.05, 3.63) is 29.8 Å². The third-order valence-electron chi connectivity index (χ3n) is 6.37. The quantitative estimate of drug-likeness (QED) is 0.869. The first-order valence-corrected chi connectivity index (χ1v) is 10.5. The highest BCUT2D eigenvalue weighted by atomic mass is 16.2. The van der Waals surface area contributed by atoms with Gasteiger partial charge in [0.05, 0.1) is 0 Å². The molecule has 1 aliphatic carbocycles. The van der Waals surface area contributed by atoms with Gasteiger partial charge in [0.25, 0.3) is 5.91 Å². The lowest BCUT2D eigenvalue weighted by Gasteiger charge is -2.33.